The normalized spacial score (nSPS) is 15.9. The van der Waals surface area contributed by atoms with E-state index >= 15 is 0 Å². The molecule has 1 aliphatic carbocycles. The molecule has 0 amide bonds. The van der Waals surface area contributed by atoms with Gasteiger partial charge in [0.1, 0.15) is 5.75 Å². The number of hydrogen-bond donors (Lipinski definition) is 1. The van der Waals surface area contributed by atoms with E-state index in [9.17, 15) is 5.11 Å². The van der Waals surface area contributed by atoms with Crippen molar-refractivity contribution in [2.24, 2.45) is 0 Å². The van der Waals surface area contributed by atoms with Gasteiger partial charge < -0.3 is 9.84 Å². The minimum Gasteiger partial charge on any atom is -0.496 e. The lowest BCUT2D eigenvalue weighted by atomic mass is 9.91. The van der Waals surface area contributed by atoms with Crippen LogP contribution in [0.3, 0.4) is 0 Å². The van der Waals surface area contributed by atoms with Crippen molar-refractivity contribution >= 4 is 15.9 Å². The summed E-state index contributed by atoms with van der Waals surface area (Å²) in [5.41, 5.74) is 2.84. The quantitative estimate of drug-likeness (QED) is 0.931. The van der Waals surface area contributed by atoms with Gasteiger partial charge in [-0.1, -0.05) is 40.2 Å². The zero-order valence-corrected chi connectivity index (χ0v) is 13.0. The van der Waals surface area contributed by atoms with E-state index in [2.05, 4.69) is 28.1 Å². The molecular formula is C17H17BrO2. The van der Waals surface area contributed by atoms with E-state index in [1.54, 1.807) is 7.11 Å². The maximum absolute atomic E-state index is 10.9. The molecule has 2 nitrogen and oxygen atoms in total. The molecule has 0 fully saturated rings. The van der Waals surface area contributed by atoms with Crippen LogP contribution < -0.4 is 4.74 Å². The highest BCUT2D eigenvalue weighted by Gasteiger charge is 2.35. The van der Waals surface area contributed by atoms with Crippen LogP contribution in [-0.2, 0) is 19.3 Å². The van der Waals surface area contributed by atoms with Crippen molar-refractivity contribution in [2.45, 2.75) is 24.9 Å². The van der Waals surface area contributed by atoms with Gasteiger partial charge in [0, 0.05) is 23.7 Å². The van der Waals surface area contributed by atoms with Gasteiger partial charge in [0.2, 0.25) is 0 Å². The third kappa shape index (κ3) is 2.60. The van der Waals surface area contributed by atoms with Crippen molar-refractivity contribution in [1.82, 2.24) is 0 Å². The highest BCUT2D eigenvalue weighted by Crippen LogP contribution is 2.35. The zero-order chi connectivity index (χ0) is 14.2. The molecule has 0 aliphatic heterocycles. The van der Waals surface area contributed by atoms with E-state index in [0.717, 1.165) is 15.8 Å². The summed E-state index contributed by atoms with van der Waals surface area (Å²) in [6.07, 6.45) is 2.02. The fraction of sp³-hybridized carbons (Fsp3) is 0.294. The molecule has 0 saturated heterocycles. The van der Waals surface area contributed by atoms with E-state index in [1.807, 2.05) is 30.3 Å². The standard InChI is InChI=1S/C17H17BrO2/c1-20-16-7-6-15(18)8-14(16)11-17(19)9-12-4-2-3-5-13(12)10-17/h2-8,19H,9-11H2,1H3. The minimum atomic E-state index is -0.711. The summed E-state index contributed by atoms with van der Waals surface area (Å²) < 4.78 is 6.41. The summed E-state index contributed by atoms with van der Waals surface area (Å²) in [7, 11) is 1.67. The molecule has 2 aromatic rings. The highest BCUT2D eigenvalue weighted by atomic mass is 79.9. The van der Waals surface area contributed by atoms with Crippen molar-refractivity contribution in [3.63, 3.8) is 0 Å². The molecule has 1 N–H and O–H groups in total. The van der Waals surface area contributed by atoms with Crippen LogP contribution in [0.2, 0.25) is 0 Å². The third-order valence-corrected chi connectivity index (χ3v) is 4.41. The lowest BCUT2D eigenvalue weighted by molar-refractivity contribution is 0.0512. The average Bonchev–Trinajstić information content (AvgIpc) is 2.74. The molecule has 0 saturated carbocycles. The van der Waals surface area contributed by atoms with Crippen LogP contribution in [0.15, 0.2) is 46.9 Å². The van der Waals surface area contributed by atoms with E-state index < -0.39 is 5.60 Å². The number of aliphatic hydroxyl groups is 1. The van der Waals surface area contributed by atoms with E-state index in [-0.39, 0.29) is 0 Å². The molecular weight excluding hydrogens is 316 g/mol. The van der Waals surface area contributed by atoms with E-state index in [4.69, 9.17) is 4.74 Å². The molecule has 0 atom stereocenters. The molecule has 20 heavy (non-hydrogen) atoms. The van der Waals surface area contributed by atoms with Crippen molar-refractivity contribution in [3.8, 4) is 5.75 Å². The molecule has 3 heteroatoms. The van der Waals surface area contributed by atoms with E-state index in [1.165, 1.54) is 11.1 Å². The van der Waals surface area contributed by atoms with Crippen LogP contribution in [0, 0.1) is 0 Å². The molecule has 0 aromatic heterocycles. The first kappa shape index (κ1) is 13.7. The van der Waals surface area contributed by atoms with Crippen molar-refractivity contribution in [3.05, 3.63) is 63.6 Å². The van der Waals surface area contributed by atoms with Gasteiger partial charge in [-0.3, -0.25) is 0 Å². The Labute approximate surface area is 127 Å². The monoisotopic (exact) mass is 332 g/mol. The topological polar surface area (TPSA) is 29.5 Å². The summed E-state index contributed by atoms with van der Waals surface area (Å²) in [6, 6.07) is 14.2. The van der Waals surface area contributed by atoms with Crippen molar-refractivity contribution < 1.29 is 9.84 Å². The Balaban J connectivity index is 1.87. The molecule has 0 bridgehead atoms. The fourth-order valence-electron chi connectivity index (χ4n) is 3.04. The molecule has 2 aromatic carbocycles. The first-order valence-corrected chi connectivity index (χ1v) is 7.50. The predicted molar refractivity (Wildman–Crippen MR) is 83.2 cm³/mol. The maximum Gasteiger partial charge on any atom is 0.122 e. The molecule has 104 valence electrons. The van der Waals surface area contributed by atoms with Crippen LogP contribution in [0.5, 0.6) is 5.75 Å². The first-order valence-electron chi connectivity index (χ1n) is 6.71. The Morgan fingerprint density at radius 1 is 1.15 bits per heavy atom. The second kappa shape index (κ2) is 5.23. The lowest BCUT2D eigenvalue weighted by Gasteiger charge is -2.23. The first-order chi connectivity index (χ1) is 9.59. The number of halogens is 1. The van der Waals surface area contributed by atoms with Crippen LogP contribution in [0.4, 0.5) is 0 Å². The van der Waals surface area contributed by atoms with Crippen molar-refractivity contribution in [2.75, 3.05) is 7.11 Å². The second-order valence-corrected chi connectivity index (χ2v) is 6.40. The lowest BCUT2D eigenvalue weighted by Crippen LogP contribution is -2.32. The number of methoxy groups -OCH3 is 1. The maximum atomic E-state index is 10.9. The summed E-state index contributed by atoms with van der Waals surface area (Å²) >= 11 is 3.48. The van der Waals surface area contributed by atoms with Crippen molar-refractivity contribution in [1.29, 1.82) is 0 Å². The number of benzene rings is 2. The van der Waals surface area contributed by atoms with Crippen LogP contribution >= 0.6 is 15.9 Å². The van der Waals surface area contributed by atoms with Gasteiger partial charge in [0.25, 0.3) is 0 Å². The van der Waals surface area contributed by atoms with Gasteiger partial charge in [-0.25, -0.2) is 0 Å². The summed E-state index contributed by atoms with van der Waals surface area (Å²) in [5, 5.41) is 10.9. The Kier molecular flexibility index (Phi) is 3.57. The smallest absolute Gasteiger partial charge is 0.122 e. The van der Waals surface area contributed by atoms with Gasteiger partial charge in [-0.05, 0) is 34.9 Å². The summed E-state index contributed by atoms with van der Waals surface area (Å²) in [4.78, 5) is 0. The SMILES string of the molecule is COc1ccc(Br)cc1CC1(O)Cc2ccccc2C1. The number of hydrogen-bond acceptors (Lipinski definition) is 2. The van der Waals surface area contributed by atoms with E-state index in [0.29, 0.717) is 19.3 Å². The fourth-order valence-corrected chi connectivity index (χ4v) is 3.45. The summed E-state index contributed by atoms with van der Waals surface area (Å²) in [6.45, 7) is 0. The predicted octanol–water partition coefficient (Wildman–Crippen LogP) is 3.53. The second-order valence-electron chi connectivity index (χ2n) is 5.48. The Hall–Kier alpha value is -1.32. The molecule has 1 aliphatic rings. The molecule has 0 spiro atoms. The molecule has 3 rings (SSSR count). The van der Waals surface area contributed by atoms with Gasteiger partial charge >= 0.3 is 0 Å². The Morgan fingerprint density at radius 3 is 2.40 bits per heavy atom. The number of fused-ring (bicyclic) bond motifs is 1. The molecule has 0 radical (unpaired) electrons. The largest absolute Gasteiger partial charge is 0.496 e. The minimum absolute atomic E-state index is 0.601. The highest BCUT2D eigenvalue weighted by molar-refractivity contribution is 9.10. The Morgan fingerprint density at radius 2 is 1.80 bits per heavy atom. The van der Waals surface area contributed by atoms with Gasteiger partial charge in [-0.15, -0.1) is 0 Å². The molecule has 0 unspecified atom stereocenters. The number of rotatable bonds is 3. The van der Waals surface area contributed by atoms with Crippen LogP contribution in [-0.4, -0.2) is 17.8 Å². The molecule has 0 heterocycles. The summed E-state index contributed by atoms with van der Waals surface area (Å²) in [5.74, 6) is 0.831. The zero-order valence-electron chi connectivity index (χ0n) is 11.4. The van der Waals surface area contributed by atoms with Crippen LogP contribution in [0.25, 0.3) is 0 Å². The average molecular weight is 333 g/mol. The number of ether oxygens (including phenoxy) is 1. The van der Waals surface area contributed by atoms with Gasteiger partial charge in [0.15, 0.2) is 0 Å². The Bertz CT molecular complexity index is 612. The van der Waals surface area contributed by atoms with Gasteiger partial charge in [0.05, 0.1) is 12.7 Å². The third-order valence-electron chi connectivity index (χ3n) is 3.92. The van der Waals surface area contributed by atoms with Gasteiger partial charge in [-0.2, -0.15) is 0 Å². The van der Waals surface area contributed by atoms with Crippen LogP contribution in [0.1, 0.15) is 16.7 Å².